The third kappa shape index (κ3) is 2.34. The molecule has 0 saturated carbocycles. The molecule has 0 aliphatic heterocycles. The minimum atomic E-state index is 0.869. The quantitative estimate of drug-likeness (QED) is 0.540. The molecule has 86 valence electrons. The van der Waals surface area contributed by atoms with E-state index < -0.39 is 0 Å². The molecule has 0 spiro atoms. The molecule has 0 aromatic carbocycles. The lowest BCUT2D eigenvalue weighted by Crippen LogP contribution is -1.85. The molecule has 0 saturated heterocycles. The van der Waals surface area contributed by atoms with E-state index in [0.29, 0.717) is 0 Å². The Balaban J connectivity index is 1.83. The van der Waals surface area contributed by atoms with Crippen LogP contribution < -0.4 is 0 Å². The fraction of sp³-hybridized carbons (Fsp3) is 0.182. The van der Waals surface area contributed by atoms with Crippen LogP contribution in [-0.2, 0) is 5.75 Å². The molecule has 0 atom stereocenters. The number of thioether (sulfide) groups is 1. The normalized spacial score (nSPS) is 11.1. The van der Waals surface area contributed by atoms with Crippen LogP contribution in [-0.4, -0.2) is 15.0 Å². The van der Waals surface area contributed by atoms with E-state index >= 15 is 0 Å². The third-order valence-corrected chi connectivity index (χ3v) is 5.12. The lowest BCUT2D eigenvalue weighted by Gasteiger charge is -1.99. The summed E-state index contributed by atoms with van der Waals surface area (Å²) in [5.74, 6) is 0.869. The molecule has 17 heavy (non-hydrogen) atoms. The van der Waals surface area contributed by atoms with Gasteiger partial charge in [0.1, 0.15) is 11.4 Å². The van der Waals surface area contributed by atoms with E-state index in [4.69, 9.17) is 0 Å². The Kier molecular flexibility index (Phi) is 3.09. The van der Waals surface area contributed by atoms with Gasteiger partial charge in [-0.05, 0) is 18.4 Å². The fourth-order valence-corrected chi connectivity index (χ4v) is 4.04. The van der Waals surface area contributed by atoms with Crippen molar-refractivity contribution in [2.45, 2.75) is 17.7 Å². The van der Waals surface area contributed by atoms with Gasteiger partial charge in [-0.25, -0.2) is 15.0 Å². The van der Waals surface area contributed by atoms with E-state index in [1.165, 1.54) is 4.70 Å². The summed E-state index contributed by atoms with van der Waals surface area (Å²) in [4.78, 5) is 13.0. The first-order chi connectivity index (χ1) is 8.33. The van der Waals surface area contributed by atoms with Gasteiger partial charge in [0.2, 0.25) is 0 Å². The molecule has 0 unspecified atom stereocenters. The van der Waals surface area contributed by atoms with Crippen LogP contribution in [0.3, 0.4) is 0 Å². The molecular weight excluding hydrogens is 270 g/mol. The van der Waals surface area contributed by atoms with Crippen molar-refractivity contribution < 1.29 is 0 Å². The summed E-state index contributed by atoms with van der Waals surface area (Å²) < 4.78 is 1.17. The van der Waals surface area contributed by atoms with Crippen LogP contribution in [0.2, 0.25) is 0 Å². The van der Waals surface area contributed by atoms with Crippen LogP contribution >= 0.6 is 34.4 Å². The number of rotatable bonds is 3. The van der Waals surface area contributed by atoms with Crippen LogP contribution in [0.15, 0.2) is 28.2 Å². The smallest absolute Gasteiger partial charge is 0.118 e. The predicted octanol–water partition coefficient (Wildman–Crippen LogP) is 3.75. The van der Waals surface area contributed by atoms with Crippen LogP contribution in [0.1, 0.15) is 10.7 Å². The van der Waals surface area contributed by atoms with E-state index in [9.17, 15) is 0 Å². The molecule has 3 aromatic rings. The van der Waals surface area contributed by atoms with E-state index in [0.717, 1.165) is 27.0 Å². The van der Waals surface area contributed by atoms with Gasteiger partial charge in [0.25, 0.3) is 0 Å². The largest absolute Gasteiger partial charge is 0.246 e. The summed E-state index contributed by atoms with van der Waals surface area (Å²) >= 11 is 5.11. The second-order valence-corrected chi connectivity index (χ2v) is 6.40. The first kappa shape index (κ1) is 11.1. The maximum atomic E-state index is 4.45. The van der Waals surface area contributed by atoms with Crippen molar-refractivity contribution in [3.63, 3.8) is 0 Å². The number of thiophene rings is 1. The van der Waals surface area contributed by atoms with E-state index in [1.54, 1.807) is 40.8 Å². The van der Waals surface area contributed by atoms with Gasteiger partial charge in [-0.15, -0.1) is 22.7 Å². The molecule has 3 heterocycles. The van der Waals surface area contributed by atoms with Crippen LogP contribution in [0.4, 0.5) is 0 Å². The molecule has 0 amide bonds. The summed E-state index contributed by atoms with van der Waals surface area (Å²) in [7, 11) is 0. The summed E-state index contributed by atoms with van der Waals surface area (Å²) in [5, 5.41) is 6.33. The number of thiazole rings is 1. The second-order valence-electron chi connectivity index (χ2n) is 3.46. The highest BCUT2D eigenvalue weighted by Crippen LogP contribution is 2.30. The predicted molar refractivity (Wildman–Crippen MR) is 73.8 cm³/mol. The number of aryl methyl sites for hydroxylation is 1. The maximum absolute atomic E-state index is 4.45. The lowest BCUT2D eigenvalue weighted by atomic mass is 10.5. The van der Waals surface area contributed by atoms with Crippen molar-refractivity contribution in [3.8, 4) is 0 Å². The number of aromatic nitrogens is 3. The highest BCUT2D eigenvalue weighted by atomic mass is 32.2. The molecule has 0 radical (unpaired) electrons. The standard InChI is InChI=1S/C11H9N3S3/c1-7-14-8(4-16-7)5-17-11-10-9(2-3-15-10)12-6-13-11/h2-4,6H,5H2,1H3. The molecule has 0 fully saturated rings. The average Bonchev–Trinajstić information content (AvgIpc) is 2.94. The highest BCUT2D eigenvalue weighted by Gasteiger charge is 2.07. The zero-order valence-corrected chi connectivity index (χ0v) is 11.5. The molecule has 3 aromatic heterocycles. The number of hydrogen-bond acceptors (Lipinski definition) is 6. The molecule has 0 aliphatic carbocycles. The fourth-order valence-electron chi connectivity index (χ4n) is 1.49. The second kappa shape index (κ2) is 4.72. The number of nitrogens with zero attached hydrogens (tertiary/aromatic N) is 3. The van der Waals surface area contributed by atoms with Crippen molar-refractivity contribution in [2.24, 2.45) is 0 Å². The molecular formula is C11H9N3S3. The van der Waals surface area contributed by atoms with Crippen molar-refractivity contribution in [3.05, 3.63) is 33.9 Å². The Hall–Kier alpha value is -0.980. The van der Waals surface area contributed by atoms with Crippen molar-refractivity contribution >= 4 is 44.7 Å². The zero-order valence-electron chi connectivity index (χ0n) is 9.08. The monoisotopic (exact) mass is 279 g/mol. The molecule has 6 heteroatoms. The SMILES string of the molecule is Cc1nc(CSc2ncnc3ccsc23)cs1. The molecule has 0 N–H and O–H groups in total. The van der Waals surface area contributed by atoms with Gasteiger partial charge >= 0.3 is 0 Å². The first-order valence-corrected chi connectivity index (χ1v) is 7.79. The Bertz CT molecular complexity index is 644. The zero-order chi connectivity index (χ0) is 11.7. The Labute approximate surface area is 111 Å². The third-order valence-electron chi connectivity index (χ3n) is 2.23. The van der Waals surface area contributed by atoms with Gasteiger partial charge in [0.05, 0.1) is 20.9 Å². The number of hydrogen-bond donors (Lipinski definition) is 0. The van der Waals surface area contributed by atoms with Crippen LogP contribution in [0, 0.1) is 6.92 Å². The van der Waals surface area contributed by atoms with Gasteiger partial charge in [0.15, 0.2) is 0 Å². The van der Waals surface area contributed by atoms with Gasteiger partial charge < -0.3 is 0 Å². The topological polar surface area (TPSA) is 38.7 Å². The Morgan fingerprint density at radius 3 is 3.06 bits per heavy atom. The van der Waals surface area contributed by atoms with Crippen molar-refractivity contribution in [2.75, 3.05) is 0 Å². The van der Waals surface area contributed by atoms with Gasteiger partial charge in [-0.1, -0.05) is 11.8 Å². The first-order valence-electron chi connectivity index (χ1n) is 5.05. The molecule has 0 aliphatic rings. The maximum Gasteiger partial charge on any atom is 0.118 e. The summed E-state index contributed by atoms with van der Waals surface area (Å²) in [6.07, 6.45) is 1.63. The Morgan fingerprint density at radius 1 is 1.29 bits per heavy atom. The van der Waals surface area contributed by atoms with Gasteiger partial charge in [-0.3, -0.25) is 0 Å². The van der Waals surface area contributed by atoms with Gasteiger partial charge in [0, 0.05) is 11.1 Å². The minimum absolute atomic E-state index is 0.869. The molecule has 3 nitrogen and oxygen atoms in total. The van der Waals surface area contributed by atoms with Crippen LogP contribution in [0.25, 0.3) is 10.2 Å². The van der Waals surface area contributed by atoms with Gasteiger partial charge in [-0.2, -0.15) is 0 Å². The summed E-state index contributed by atoms with van der Waals surface area (Å²) in [5.41, 5.74) is 2.16. The molecule has 0 bridgehead atoms. The lowest BCUT2D eigenvalue weighted by molar-refractivity contribution is 1.10. The van der Waals surface area contributed by atoms with E-state index in [2.05, 4.69) is 25.7 Å². The summed E-state index contributed by atoms with van der Waals surface area (Å²) in [6, 6.07) is 2.03. The van der Waals surface area contributed by atoms with E-state index in [-0.39, 0.29) is 0 Å². The highest BCUT2D eigenvalue weighted by molar-refractivity contribution is 7.98. The summed E-state index contributed by atoms with van der Waals surface area (Å²) in [6.45, 7) is 2.03. The average molecular weight is 279 g/mol. The minimum Gasteiger partial charge on any atom is -0.246 e. The molecule has 3 rings (SSSR count). The van der Waals surface area contributed by atoms with Crippen molar-refractivity contribution in [1.29, 1.82) is 0 Å². The van der Waals surface area contributed by atoms with E-state index in [1.807, 2.05) is 13.0 Å². The van der Waals surface area contributed by atoms with Crippen LogP contribution in [0.5, 0.6) is 0 Å². The van der Waals surface area contributed by atoms with Crippen molar-refractivity contribution in [1.82, 2.24) is 15.0 Å². The Morgan fingerprint density at radius 2 is 2.24 bits per heavy atom. The number of fused-ring (bicyclic) bond motifs is 1.